The third kappa shape index (κ3) is 5.04. The fourth-order valence-electron chi connectivity index (χ4n) is 3.03. The minimum absolute atomic E-state index is 0.123. The van der Waals surface area contributed by atoms with E-state index in [2.05, 4.69) is 15.6 Å². The number of alkyl carbamates (subject to hydrolysis) is 1. The van der Waals surface area contributed by atoms with E-state index in [-0.39, 0.29) is 11.9 Å². The van der Waals surface area contributed by atoms with Gasteiger partial charge >= 0.3 is 6.09 Å². The zero-order valence-electron chi connectivity index (χ0n) is 16.5. The van der Waals surface area contributed by atoms with E-state index >= 15 is 0 Å². The number of aryl methyl sites for hydroxylation is 1. The van der Waals surface area contributed by atoms with Crippen molar-refractivity contribution in [2.45, 2.75) is 50.7 Å². The van der Waals surface area contributed by atoms with Crippen LogP contribution in [0.15, 0.2) is 41.6 Å². The van der Waals surface area contributed by atoms with Gasteiger partial charge in [0.2, 0.25) is 0 Å². The van der Waals surface area contributed by atoms with E-state index in [1.54, 1.807) is 36.3 Å². The van der Waals surface area contributed by atoms with Crippen molar-refractivity contribution in [3.05, 3.63) is 53.3 Å². The molecule has 1 aliphatic rings. The molecule has 1 aliphatic heterocycles. The standard InChI is InChI=1S/C21H25N3O3S/c1-13-11-16-17(24-20(26)27-21(2,3)4)7-10-28-18(16)12-15(13)19(25)23-14-5-8-22-9-6-14/h5-6,8-9,11-12,17H,7,10H2,1-4H3,(H,24,26)(H,22,23,25)/t17-/m0/s1. The van der Waals surface area contributed by atoms with Gasteiger partial charge in [-0.3, -0.25) is 9.78 Å². The lowest BCUT2D eigenvalue weighted by Crippen LogP contribution is -2.36. The van der Waals surface area contributed by atoms with Crippen molar-refractivity contribution in [1.29, 1.82) is 0 Å². The molecule has 0 saturated heterocycles. The Kier molecular flexibility index (Phi) is 5.93. The minimum atomic E-state index is -0.541. The second-order valence-corrected chi connectivity index (χ2v) is 8.87. The fourth-order valence-corrected chi connectivity index (χ4v) is 4.17. The Morgan fingerprint density at radius 1 is 1.21 bits per heavy atom. The topological polar surface area (TPSA) is 80.3 Å². The second kappa shape index (κ2) is 8.22. The molecular weight excluding hydrogens is 374 g/mol. The summed E-state index contributed by atoms with van der Waals surface area (Å²) in [5.74, 6) is 0.705. The van der Waals surface area contributed by atoms with E-state index in [1.165, 1.54) is 0 Å². The third-order valence-electron chi connectivity index (χ3n) is 4.27. The Morgan fingerprint density at radius 3 is 2.61 bits per heavy atom. The fraction of sp³-hybridized carbons (Fsp3) is 0.381. The molecule has 0 unspecified atom stereocenters. The van der Waals surface area contributed by atoms with Gasteiger partial charge in [-0.05, 0) is 63.4 Å². The highest BCUT2D eigenvalue weighted by Crippen LogP contribution is 2.38. The average molecular weight is 400 g/mol. The van der Waals surface area contributed by atoms with Crippen LogP contribution in [0.4, 0.5) is 10.5 Å². The highest BCUT2D eigenvalue weighted by atomic mass is 32.2. The van der Waals surface area contributed by atoms with Crippen molar-refractivity contribution in [2.75, 3.05) is 11.1 Å². The summed E-state index contributed by atoms with van der Waals surface area (Å²) >= 11 is 1.70. The third-order valence-corrected chi connectivity index (χ3v) is 5.37. The number of nitrogens with zero attached hydrogens (tertiary/aromatic N) is 1. The van der Waals surface area contributed by atoms with Crippen LogP contribution in [0.2, 0.25) is 0 Å². The largest absolute Gasteiger partial charge is 0.444 e. The van der Waals surface area contributed by atoms with Gasteiger partial charge in [0, 0.05) is 34.3 Å². The number of carbonyl (C=O) groups is 2. The van der Waals surface area contributed by atoms with Gasteiger partial charge < -0.3 is 15.4 Å². The number of aromatic nitrogens is 1. The van der Waals surface area contributed by atoms with E-state index in [1.807, 2.05) is 39.8 Å². The van der Waals surface area contributed by atoms with Crippen molar-refractivity contribution in [3.63, 3.8) is 0 Å². The molecule has 3 rings (SSSR count). The number of hydrogen-bond donors (Lipinski definition) is 2. The SMILES string of the molecule is Cc1cc2c(cc1C(=O)Nc1ccncc1)SCC[C@@H]2NC(=O)OC(C)(C)C. The molecule has 0 bridgehead atoms. The number of rotatable bonds is 3. The first-order valence-electron chi connectivity index (χ1n) is 9.21. The normalized spacial score (nSPS) is 16.1. The van der Waals surface area contributed by atoms with Crippen LogP contribution in [0.3, 0.4) is 0 Å². The summed E-state index contributed by atoms with van der Waals surface area (Å²) < 4.78 is 5.39. The highest BCUT2D eigenvalue weighted by molar-refractivity contribution is 7.99. The summed E-state index contributed by atoms with van der Waals surface area (Å²) in [4.78, 5) is 29.9. The van der Waals surface area contributed by atoms with Crippen molar-refractivity contribution in [3.8, 4) is 0 Å². The summed E-state index contributed by atoms with van der Waals surface area (Å²) in [6.45, 7) is 7.44. The number of amides is 2. The molecule has 0 aliphatic carbocycles. The lowest BCUT2D eigenvalue weighted by atomic mass is 9.97. The van der Waals surface area contributed by atoms with Crippen LogP contribution < -0.4 is 10.6 Å². The number of pyridine rings is 1. The Morgan fingerprint density at radius 2 is 1.93 bits per heavy atom. The van der Waals surface area contributed by atoms with Crippen LogP contribution >= 0.6 is 11.8 Å². The Hall–Kier alpha value is -2.54. The van der Waals surface area contributed by atoms with Crippen LogP contribution in [-0.2, 0) is 4.74 Å². The van der Waals surface area contributed by atoms with E-state index < -0.39 is 11.7 Å². The molecule has 0 radical (unpaired) electrons. The van der Waals surface area contributed by atoms with Gasteiger partial charge in [0.25, 0.3) is 5.91 Å². The van der Waals surface area contributed by atoms with Crippen molar-refractivity contribution >= 4 is 29.4 Å². The number of nitrogens with one attached hydrogen (secondary N) is 2. The lowest BCUT2D eigenvalue weighted by Gasteiger charge is -2.28. The Balaban J connectivity index is 1.80. The summed E-state index contributed by atoms with van der Waals surface area (Å²) in [6.07, 6.45) is 3.67. The van der Waals surface area contributed by atoms with Gasteiger partial charge in [0.1, 0.15) is 5.60 Å². The van der Waals surface area contributed by atoms with Crippen LogP contribution in [0.1, 0.15) is 54.7 Å². The maximum absolute atomic E-state index is 12.7. The predicted octanol–water partition coefficient (Wildman–Crippen LogP) is 4.70. The Bertz CT molecular complexity index is 878. The highest BCUT2D eigenvalue weighted by Gasteiger charge is 2.26. The van der Waals surface area contributed by atoms with Crippen LogP contribution in [0, 0.1) is 6.92 Å². The lowest BCUT2D eigenvalue weighted by molar-refractivity contribution is 0.0501. The molecule has 148 valence electrons. The number of hydrogen-bond acceptors (Lipinski definition) is 5. The zero-order chi connectivity index (χ0) is 20.3. The van der Waals surface area contributed by atoms with Gasteiger partial charge in [0.15, 0.2) is 0 Å². The number of anilines is 1. The van der Waals surface area contributed by atoms with E-state index in [0.717, 1.165) is 28.2 Å². The molecule has 1 aromatic heterocycles. The first-order valence-corrected chi connectivity index (χ1v) is 10.2. The molecule has 0 spiro atoms. The number of thioether (sulfide) groups is 1. The molecule has 0 saturated carbocycles. The molecule has 2 aromatic rings. The monoisotopic (exact) mass is 399 g/mol. The quantitative estimate of drug-likeness (QED) is 0.782. The van der Waals surface area contributed by atoms with Gasteiger partial charge in [-0.15, -0.1) is 11.8 Å². The number of carbonyl (C=O) groups excluding carboxylic acids is 2. The molecule has 2 amide bonds. The smallest absolute Gasteiger partial charge is 0.408 e. The van der Waals surface area contributed by atoms with Crippen LogP contribution in [0.25, 0.3) is 0 Å². The number of benzene rings is 1. The maximum Gasteiger partial charge on any atom is 0.408 e. The van der Waals surface area contributed by atoms with E-state index in [9.17, 15) is 9.59 Å². The second-order valence-electron chi connectivity index (χ2n) is 7.73. The molecule has 7 heteroatoms. The van der Waals surface area contributed by atoms with Gasteiger partial charge in [-0.1, -0.05) is 6.07 Å². The average Bonchev–Trinajstić information content (AvgIpc) is 2.61. The molecule has 2 N–H and O–H groups in total. The van der Waals surface area contributed by atoms with E-state index in [0.29, 0.717) is 11.3 Å². The maximum atomic E-state index is 12.7. The molecule has 6 nitrogen and oxygen atoms in total. The summed E-state index contributed by atoms with van der Waals surface area (Å²) in [5, 5.41) is 5.86. The molecule has 1 aromatic carbocycles. The van der Waals surface area contributed by atoms with Crippen molar-refractivity contribution in [1.82, 2.24) is 10.3 Å². The molecule has 0 fully saturated rings. The van der Waals surface area contributed by atoms with Gasteiger partial charge in [-0.25, -0.2) is 4.79 Å². The van der Waals surface area contributed by atoms with Crippen LogP contribution in [0.5, 0.6) is 0 Å². The molecule has 1 atom stereocenters. The molecular formula is C21H25N3O3S. The minimum Gasteiger partial charge on any atom is -0.444 e. The summed E-state index contributed by atoms with van der Waals surface area (Å²) in [5.41, 5.74) is 2.68. The first-order chi connectivity index (χ1) is 13.2. The molecule has 2 heterocycles. The van der Waals surface area contributed by atoms with Gasteiger partial charge in [0.05, 0.1) is 6.04 Å². The summed E-state index contributed by atoms with van der Waals surface area (Å²) in [7, 11) is 0. The molecule has 28 heavy (non-hydrogen) atoms. The number of ether oxygens (including phenoxy) is 1. The van der Waals surface area contributed by atoms with Crippen molar-refractivity contribution < 1.29 is 14.3 Å². The Labute approximate surface area is 169 Å². The van der Waals surface area contributed by atoms with Gasteiger partial charge in [-0.2, -0.15) is 0 Å². The predicted molar refractivity (Wildman–Crippen MR) is 111 cm³/mol. The summed E-state index contributed by atoms with van der Waals surface area (Å²) in [6, 6.07) is 7.28. The number of fused-ring (bicyclic) bond motifs is 1. The first kappa shape index (κ1) is 20.2. The van der Waals surface area contributed by atoms with E-state index in [4.69, 9.17) is 4.74 Å². The van der Waals surface area contributed by atoms with Crippen LogP contribution in [-0.4, -0.2) is 28.3 Å². The zero-order valence-corrected chi connectivity index (χ0v) is 17.4. The van der Waals surface area contributed by atoms with Crippen molar-refractivity contribution in [2.24, 2.45) is 0 Å².